The Morgan fingerprint density at radius 2 is 2.18 bits per heavy atom. The molecule has 1 atom stereocenters. The molecule has 1 aromatic heterocycles. The van der Waals surface area contributed by atoms with Gasteiger partial charge in [-0.3, -0.25) is 9.69 Å². The first-order valence-corrected chi connectivity index (χ1v) is 8.08. The molecule has 2 saturated heterocycles. The van der Waals surface area contributed by atoms with Gasteiger partial charge >= 0.3 is 0 Å². The van der Waals surface area contributed by atoms with E-state index in [-0.39, 0.29) is 12.0 Å². The van der Waals surface area contributed by atoms with E-state index in [1.54, 1.807) is 0 Å². The van der Waals surface area contributed by atoms with Crippen LogP contribution >= 0.6 is 0 Å². The van der Waals surface area contributed by atoms with E-state index in [0.717, 1.165) is 51.4 Å². The molecule has 0 saturated carbocycles. The van der Waals surface area contributed by atoms with Crippen LogP contribution in [0.15, 0.2) is 24.4 Å². The molecule has 0 spiro atoms. The quantitative estimate of drug-likeness (QED) is 0.858. The van der Waals surface area contributed by atoms with Gasteiger partial charge in [-0.1, -0.05) is 6.07 Å². The number of rotatable bonds is 5. The van der Waals surface area contributed by atoms with Gasteiger partial charge in [0, 0.05) is 45.5 Å². The van der Waals surface area contributed by atoms with E-state index in [0.29, 0.717) is 13.1 Å². The lowest BCUT2D eigenvalue weighted by Gasteiger charge is -2.35. The van der Waals surface area contributed by atoms with Crippen molar-refractivity contribution in [3.63, 3.8) is 0 Å². The minimum Gasteiger partial charge on any atom is -0.376 e. The van der Waals surface area contributed by atoms with E-state index in [1.807, 2.05) is 24.4 Å². The van der Waals surface area contributed by atoms with Crippen LogP contribution in [0.3, 0.4) is 0 Å². The second kappa shape index (κ2) is 7.56. The first-order valence-electron chi connectivity index (χ1n) is 8.08. The predicted molar refractivity (Wildman–Crippen MR) is 84.9 cm³/mol. The zero-order valence-corrected chi connectivity index (χ0v) is 12.9. The highest BCUT2D eigenvalue weighted by Gasteiger charge is 2.21. The second-order valence-electron chi connectivity index (χ2n) is 5.89. The minimum atomic E-state index is 0.0989. The van der Waals surface area contributed by atoms with E-state index in [9.17, 15) is 4.79 Å². The van der Waals surface area contributed by atoms with Gasteiger partial charge in [0.05, 0.1) is 12.6 Å². The van der Waals surface area contributed by atoms with Crippen molar-refractivity contribution in [2.75, 3.05) is 50.8 Å². The SMILES string of the molecule is O=C(CN1CCN(c2ccccn2)CC1)NCC1CCCO1. The van der Waals surface area contributed by atoms with E-state index in [4.69, 9.17) is 4.74 Å². The third kappa shape index (κ3) is 4.18. The molecule has 3 heterocycles. The predicted octanol–water partition coefficient (Wildman–Crippen LogP) is 0.499. The van der Waals surface area contributed by atoms with Crippen molar-refractivity contribution in [1.29, 1.82) is 0 Å². The maximum absolute atomic E-state index is 12.0. The number of piperazine rings is 1. The molecule has 6 heteroatoms. The number of nitrogens with zero attached hydrogens (tertiary/aromatic N) is 3. The number of anilines is 1. The smallest absolute Gasteiger partial charge is 0.234 e. The summed E-state index contributed by atoms with van der Waals surface area (Å²) in [6.45, 7) is 5.56. The normalized spacial score (nSPS) is 22.7. The molecular weight excluding hydrogens is 280 g/mol. The summed E-state index contributed by atoms with van der Waals surface area (Å²) >= 11 is 0. The molecular formula is C16H24N4O2. The molecule has 0 radical (unpaired) electrons. The lowest BCUT2D eigenvalue weighted by molar-refractivity contribution is -0.122. The van der Waals surface area contributed by atoms with E-state index in [1.165, 1.54) is 0 Å². The fraction of sp³-hybridized carbons (Fsp3) is 0.625. The van der Waals surface area contributed by atoms with Crippen LogP contribution in [0.2, 0.25) is 0 Å². The minimum absolute atomic E-state index is 0.0989. The molecule has 1 unspecified atom stereocenters. The van der Waals surface area contributed by atoms with Crippen LogP contribution < -0.4 is 10.2 Å². The van der Waals surface area contributed by atoms with Gasteiger partial charge in [0.2, 0.25) is 5.91 Å². The van der Waals surface area contributed by atoms with Crippen molar-refractivity contribution in [2.45, 2.75) is 18.9 Å². The number of nitrogens with one attached hydrogen (secondary N) is 1. The molecule has 22 heavy (non-hydrogen) atoms. The summed E-state index contributed by atoms with van der Waals surface area (Å²) < 4.78 is 5.51. The molecule has 1 aromatic rings. The zero-order valence-electron chi connectivity index (χ0n) is 12.9. The number of pyridine rings is 1. The summed E-state index contributed by atoms with van der Waals surface area (Å²) in [5.74, 6) is 1.12. The highest BCUT2D eigenvalue weighted by molar-refractivity contribution is 5.78. The van der Waals surface area contributed by atoms with Crippen LogP contribution in [-0.4, -0.2) is 67.8 Å². The first kappa shape index (κ1) is 15.2. The highest BCUT2D eigenvalue weighted by atomic mass is 16.5. The van der Waals surface area contributed by atoms with Gasteiger partial charge in [-0.2, -0.15) is 0 Å². The summed E-state index contributed by atoms with van der Waals surface area (Å²) in [5, 5.41) is 2.98. The molecule has 0 bridgehead atoms. The Hall–Kier alpha value is -1.66. The Kier molecular flexibility index (Phi) is 5.24. The Labute approximate surface area is 131 Å². The van der Waals surface area contributed by atoms with E-state index in [2.05, 4.69) is 20.1 Å². The van der Waals surface area contributed by atoms with E-state index < -0.39 is 0 Å². The van der Waals surface area contributed by atoms with Crippen molar-refractivity contribution in [1.82, 2.24) is 15.2 Å². The van der Waals surface area contributed by atoms with Crippen LogP contribution in [0.4, 0.5) is 5.82 Å². The summed E-state index contributed by atoms with van der Waals surface area (Å²) in [6, 6.07) is 5.97. The van der Waals surface area contributed by atoms with Crippen LogP contribution in [0.25, 0.3) is 0 Å². The lowest BCUT2D eigenvalue weighted by Crippen LogP contribution is -2.50. The Morgan fingerprint density at radius 3 is 2.86 bits per heavy atom. The van der Waals surface area contributed by atoms with Crippen molar-refractivity contribution in [3.05, 3.63) is 24.4 Å². The maximum Gasteiger partial charge on any atom is 0.234 e. The summed E-state index contributed by atoms with van der Waals surface area (Å²) in [7, 11) is 0. The Balaban J connectivity index is 1.37. The molecule has 1 N–H and O–H groups in total. The van der Waals surface area contributed by atoms with Gasteiger partial charge in [-0.25, -0.2) is 4.98 Å². The van der Waals surface area contributed by atoms with Crippen molar-refractivity contribution >= 4 is 11.7 Å². The van der Waals surface area contributed by atoms with Crippen LogP contribution in [0.1, 0.15) is 12.8 Å². The van der Waals surface area contributed by atoms with Crippen molar-refractivity contribution in [2.24, 2.45) is 0 Å². The maximum atomic E-state index is 12.0. The number of hydrogen-bond donors (Lipinski definition) is 1. The fourth-order valence-corrected chi connectivity index (χ4v) is 2.97. The van der Waals surface area contributed by atoms with Crippen molar-refractivity contribution < 1.29 is 9.53 Å². The lowest BCUT2D eigenvalue weighted by atomic mass is 10.2. The van der Waals surface area contributed by atoms with E-state index >= 15 is 0 Å². The topological polar surface area (TPSA) is 57.7 Å². The number of ether oxygens (including phenoxy) is 1. The molecule has 6 nitrogen and oxygen atoms in total. The standard InChI is InChI=1S/C16H24N4O2/c21-16(18-12-14-4-3-11-22-14)13-19-7-9-20(10-8-19)15-5-1-2-6-17-15/h1-2,5-6,14H,3-4,7-13H2,(H,18,21). The Bertz CT molecular complexity index is 468. The fourth-order valence-electron chi connectivity index (χ4n) is 2.97. The number of carbonyl (C=O) groups excluding carboxylic acids is 1. The largest absolute Gasteiger partial charge is 0.376 e. The third-order valence-electron chi connectivity index (χ3n) is 4.26. The number of aromatic nitrogens is 1. The summed E-state index contributed by atoms with van der Waals surface area (Å²) in [6.07, 6.45) is 4.20. The van der Waals surface area contributed by atoms with Gasteiger partial charge in [-0.05, 0) is 25.0 Å². The monoisotopic (exact) mass is 304 g/mol. The third-order valence-corrected chi connectivity index (χ3v) is 4.26. The molecule has 2 aliphatic heterocycles. The molecule has 0 aromatic carbocycles. The number of carbonyl (C=O) groups is 1. The van der Waals surface area contributed by atoms with Gasteiger partial charge in [0.25, 0.3) is 0 Å². The van der Waals surface area contributed by atoms with Crippen LogP contribution in [0.5, 0.6) is 0 Å². The van der Waals surface area contributed by atoms with Crippen molar-refractivity contribution in [3.8, 4) is 0 Å². The van der Waals surface area contributed by atoms with Crippen LogP contribution in [-0.2, 0) is 9.53 Å². The summed E-state index contributed by atoms with van der Waals surface area (Å²) in [4.78, 5) is 20.8. The van der Waals surface area contributed by atoms with Gasteiger partial charge < -0.3 is 15.0 Å². The van der Waals surface area contributed by atoms with Gasteiger partial charge in [0.15, 0.2) is 0 Å². The average molecular weight is 304 g/mol. The highest BCUT2D eigenvalue weighted by Crippen LogP contribution is 2.12. The van der Waals surface area contributed by atoms with Gasteiger partial charge in [-0.15, -0.1) is 0 Å². The molecule has 2 fully saturated rings. The van der Waals surface area contributed by atoms with Gasteiger partial charge in [0.1, 0.15) is 5.82 Å². The molecule has 0 aliphatic carbocycles. The molecule has 1 amide bonds. The zero-order chi connectivity index (χ0) is 15.2. The van der Waals surface area contributed by atoms with Crippen LogP contribution in [0, 0.1) is 0 Å². The second-order valence-corrected chi connectivity index (χ2v) is 5.89. The summed E-state index contributed by atoms with van der Waals surface area (Å²) in [5.41, 5.74) is 0. The molecule has 120 valence electrons. The molecule has 3 rings (SSSR count). The number of hydrogen-bond acceptors (Lipinski definition) is 5. The average Bonchev–Trinajstić information content (AvgIpc) is 3.08. The molecule has 2 aliphatic rings. The Morgan fingerprint density at radius 1 is 1.32 bits per heavy atom. The number of amides is 1. The first-order chi connectivity index (χ1) is 10.8.